The SMILES string of the molecule is Cc1ncsc1-c1ccc(CNC(O)[C@@H]2CC(O)CN2C(=O)CC(C)(C)C)cc1. The van der Waals surface area contributed by atoms with E-state index in [0.717, 1.165) is 21.7 Å². The van der Waals surface area contributed by atoms with E-state index in [4.69, 9.17) is 0 Å². The number of β-amino-alcohol motifs (C(OH)–C–C–N with tert-alkyl or cyclic N) is 1. The van der Waals surface area contributed by atoms with Crippen molar-refractivity contribution in [3.05, 3.63) is 41.0 Å². The molecule has 3 atom stereocenters. The van der Waals surface area contributed by atoms with Crippen LogP contribution in [0.25, 0.3) is 10.4 Å². The van der Waals surface area contributed by atoms with Crippen LogP contribution >= 0.6 is 11.3 Å². The van der Waals surface area contributed by atoms with Crippen LogP contribution in [0.1, 0.15) is 44.9 Å². The Morgan fingerprint density at radius 3 is 2.62 bits per heavy atom. The minimum Gasteiger partial charge on any atom is -0.391 e. The van der Waals surface area contributed by atoms with Gasteiger partial charge in [-0.3, -0.25) is 10.1 Å². The summed E-state index contributed by atoms with van der Waals surface area (Å²) < 4.78 is 0. The van der Waals surface area contributed by atoms with E-state index in [-0.39, 0.29) is 17.9 Å². The number of nitrogens with zero attached hydrogens (tertiary/aromatic N) is 2. The van der Waals surface area contributed by atoms with E-state index in [1.807, 2.05) is 45.3 Å². The zero-order valence-electron chi connectivity index (χ0n) is 17.6. The predicted octanol–water partition coefficient (Wildman–Crippen LogP) is 2.92. The number of thiazole rings is 1. The summed E-state index contributed by atoms with van der Waals surface area (Å²) in [7, 11) is 0. The molecule has 1 fully saturated rings. The molecule has 3 N–H and O–H groups in total. The Labute approximate surface area is 176 Å². The Kier molecular flexibility index (Phi) is 6.73. The van der Waals surface area contributed by atoms with Crippen molar-refractivity contribution in [2.45, 2.75) is 65.5 Å². The van der Waals surface area contributed by atoms with Crippen LogP contribution in [-0.2, 0) is 11.3 Å². The van der Waals surface area contributed by atoms with E-state index in [2.05, 4.69) is 22.4 Å². The first kappa shape index (κ1) is 21.9. The van der Waals surface area contributed by atoms with E-state index < -0.39 is 18.4 Å². The molecule has 0 bridgehead atoms. The third-order valence-corrected chi connectivity index (χ3v) is 6.14. The maximum absolute atomic E-state index is 12.6. The summed E-state index contributed by atoms with van der Waals surface area (Å²) in [5.74, 6) is -0.0239. The van der Waals surface area contributed by atoms with Crippen LogP contribution in [0.15, 0.2) is 29.8 Å². The average molecular weight is 418 g/mol. The molecule has 7 heteroatoms. The Morgan fingerprint density at radius 1 is 1.34 bits per heavy atom. The van der Waals surface area contributed by atoms with Crippen LogP contribution in [0.5, 0.6) is 0 Å². The van der Waals surface area contributed by atoms with Gasteiger partial charge in [-0.25, -0.2) is 4.98 Å². The molecule has 1 aliphatic rings. The van der Waals surface area contributed by atoms with Crippen molar-refractivity contribution in [2.24, 2.45) is 5.41 Å². The second-order valence-electron chi connectivity index (χ2n) is 9.03. The van der Waals surface area contributed by atoms with Crippen molar-refractivity contribution >= 4 is 17.2 Å². The summed E-state index contributed by atoms with van der Waals surface area (Å²) in [6.45, 7) is 8.80. The maximum Gasteiger partial charge on any atom is 0.223 e. The Balaban J connectivity index is 1.59. The Hall–Kier alpha value is -1.80. The van der Waals surface area contributed by atoms with Gasteiger partial charge < -0.3 is 15.1 Å². The number of amides is 1. The zero-order chi connectivity index (χ0) is 21.2. The molecule has 1 aromatic heterocycles. The van der Waals surface area contributed by atoms with Crippen molar-refractivity contribution < 1.29 is 15.0 Å². The van der Waals surface area contributed by atoms with Gasteiger partial charge in [0.1, 0.15) is 6.23 Å². The van der Waals surface area contributed by atoms with Crippen molar-refractivity contribution in [1.29, 1.82) is 0 Å². The fourth-order valence-electron chi connectivity index (χ4n) is 3.70. The molecule has 1 aromatic carbocycles. The molecule has 2 heterocycles. The Morgan fingerprint density at radius 2 is 2.03 bits per heavy atom. The fraction of sp³-hybridized carbons (Fsp3) is 0.545. The first-order chi connectivity index (χ1) is 13.6. The van der Waals surface area contributed by atoms with Gasteiger partial charge in [-0.2, -0.15) is 0 Å². The number of aromatic nitrogens is 1. The molecule has 0 saturated carbocycles. The molecule has 0 aliphatic carbocycles. The minimum absolute atomic E-state index is 0.0239. The van der Waals surface area contributed by atoms with Gasteiger partial charge in [0.15, 0.2) is 0 Å². The highest BCUT2D eigenvalue weighted by molar-refractivity contribution is 7.13. The van der Waals surface area contributed by atoms with E-state index in [1.54, 1.807) is 16.2 Å². The van der Waals surface area contributed by atoms with Gasteiger partial charge in [0.05, 0.1) is 28.2 Å². The van der Waals surface area contributed by atoms with Gasteiger partial charge in [-0.15, -0.1) is 11.3 Å². The van der Waals surface area contributed by atoms with Crippen LogP contribution < -0.4 is 5.32 Å². The lowest BCUT2D eigenvalue weighted by molar-refractivity contribution is -0.136. The number of carbonyl (C=O) groups excluding carboxylic acids is 1. The van der Waals surface area contributed by atoms with Crippen LogP contribution in [0.4, 0.5) is 0 Å². The number of aryl methyl sites for hydroxylation is 1. The predicted molar refractivity (Wildman–Crippen MR) is 115 cm³/mol. The number of nitrogens with one attached hydrogen (secondary N) is 1. The molecule has 1 amide bonds. The third kappa shape index (κ3) is 5.63. The summed E-state index contributed by atoms with van der Waals surface area (Å²) in [6, 6.07) is 7.75. The molecule has 2 aromatic rings. The second-order valence-corrected chi connectivity index (χ2v) is 9.88. The largest absolute Gasteiger partial charge is 0.391 e. The van der Waals surface area contributed by atoms with Crippen LogP contribution in [0, 0.1) is 12.3 Å². The van der Waals surface area contributed by atoms with E-state index >= 15 is 0 Å². The molecule has 6 nitrogen and oxygen atoms in total. The summed E-state index contributed by atoms with van der Waals surface area (Å²) in [4.78, 5) is 19.7. The monoisotopic (exact) mass is 417 g/mol. The van der Waals surface area contributed by atoms with E-state index in [0.29, 0.717) is 19.4 Å². The first-order valence-electron chi connectivity index (χ1n) is 10.0. The number of carbonyl (C=O) groups is 1. The highest BCUT2D eigenvalue weighted by Gasteiger charge is 2.39. The van der Waals surface area contributed by atoms with Crippen LogP contribution in [0.2, 0.25) is 0 Å². The van der Waals surface area contributed by atoms with E-state index in [9.17, 15) is 15.0 Å². The molecule has 158 valence electrons. The molecular weight excluding hydrogens is 386 g/mol. The summed E-state index contributed by atoms with van der Waals surface area (Å²) in [5.41, 5.74) is 4.91. The highest BCUT2D eigenvalue weighted by atomic mass is 32.1. The molecule has 29 heavy (non-hydrogen) atoms. The van der Waals surface area contributed by atoms with Gasteiger partial charge in [-0.05, 0) is 29.9 Å². The standard InChI is InChI=1S/C22H31N3O3S/c1-14-20(29-13-24-14)16-7-5-15(6-8-16)11-23-21(28)18-9-17(26)12-25(18)19(27)10-22(2,3)4/h5-8,13,17-18,21,23,26,28H,9-12H2,1-4H3/t17?,18-,21?/m0/s1. The molecule has 0 radical (unpaired) electrons. The summed E-state index contributed by atoms with van der Waals surface area (Å²) in [6.07, 6.45) is -0.712. The highest BCUT2D eigenvalue weighted by Crippen LogP contribution is 2.28. The van der Waals surface area contributed by atoms with Gasteiger partial charge in [0.2, 0.25) is 5.91 Å². The lowest BCUT2D eigenvalue weighted by atomic mass is 9.91. The number of hydrogen-bond donors (Lipinski definition) is 3. The third-order valence-electron chi connectivity index (χ3n) is 5.16. The Bertz CT molecular complexity index is 829. The van der Waals surface area contributed by atoms with Crippen molar-refractivity contribution in [2.75, 3.05) is 6.54 Å². The zero-order valence-corrected chi connectivity index (χ0v) is 18.4. The molecular formula is C22H31N3O3S. The number of rotatable bonds is 6. The van der Waals surface area contributed by atoms with Crippen molar-refractivity contribution in [3.8, 4) is 10.4 Å². The van der Waals surface area contributed by atoms with Crippen molar-refractivity contribution in [3.63, 3.8) is 0 Å². The second kappa shape index (κ2) is 8.92. The average Bonchev–Trinajstić information content (AvgIpc) is 3.24. The van der Waals surface area contributed by atoms with Gasteiger partial charge >= 0.3 is 0 Å². The lowest BCUT2D eigenvalue weighted by Gasteiger charge is -2.31. The van der Waals surface area contributed by atoms with Crippen LogP contribution in [-0.4, -0.2) is 50.9 Å². The van der Waals surface area contributed by atoms with Crippen LogP contribution in [0.3, 0.4) is 0 Å². The fourth-order valence-corrected chi connectivity index (χ4v) is 4.51. The number of likely N-dealkylation sites (tertiary alicyclic amines) is 1. The van der Waals surface area contributed by atoms with E-state index in [1.165, 1.54) is 0 Å². The number of benzene rings is 1. The number of aliphatic hydroxyl groups is 2. The maximum atomic E-state index is 12.6. The molecule has 1 aliphatic heterocycles. The summed E-state index contributed by atoms with van der Waals surface area (Å²) in [5, 5.41) is 23.8. The molecule has 0 spiro atoms. The van der Waals surface area contributed by atoms with Gasteiger partial charge in [-0.1, -0.05) is 45.0 Å². The quantitative estimate of drug-likeness (QED) is 0.629. The normalized spacial score (nSPS) is 20.8. The van der Waals surface area contributed by atoms with Gasteiger partial charge in [0, 0.05) is 19.5 Å². The lowest BCUT2D eigenvalue weighted by Crippen LogP contribution is -2.49. The molecule has 3 rings (SSSR count). The minimum atomic E-state index is -0.889. The smallest absolute Gasteiger partial charge is 0.223 e. The summed E-state index contributed by atoms with van der Waals surface area (Å²) >= 11 is 1.62. The number of hydrogen-bond acceptors (Lipinski definition) is 6. The topological polar surface area (TPSA) is 85.7 Å². The number of aliphatic hydroxyl groups excluding tert-OH is 2. The van der Waals surface area contributed by atoms with Crippen molar-refractivity contribution in [1.82, 2.24) is 15.2 Å². The molecule has 1 saturated heterocycles. The van der Waals surface area contributed by atoms with Gasteiger partial charge in [0.25, 0.3) is 0 Å². The molecule has 2 unspecified atom stereocenters. The first-order valence-corrected chi connectivity index (χ1v) is 10.9.